The van der Waals surface area contributed by atoms with E-state index >= 15 is 0 Å². The Morgan fingerprint density at radius 3 is 2.79 bits per heavy atom. The van der Waals surface area contributed by atoms with Gasteiger partial charge in [-0.05, 0) is 24.5 Å². The summed E-state index contributed by atoms with van der Waals surface area (Å²) >= 11 is 0. The number of aromatic nitrogens is 2. The normalized spacial score (nSPS) is 17.4. The van der Waals surface area contributed by atoms with Crippen LogP contribution in [0.1, 0.15) is 26.0 Å². The van der Waals surface area contributed by atoms with Gasteiger partial charge in [-0.2, -0.15) is 4.98 Å². The van der Waals surface area contributed by atoms with Gasteiger partial charge in [0.2, 0.25) is 0 Å². The molecular weight excluding hydrogens is 311 g/mol. The fraction of sp³-hybridized carbons (Fsp3) is 0.444. The van der Waals surface area contributed by atoms with E-state index in [9.17, 15) is 9.18 Å². The number of nitrogens with zero attached hydrogens (tertiary/aromatic N) is 2. The van der Waals surface area contributed by atoms with Crippen LogP contribution in [-0.2, 0) is 13.2 Å². The highest BCUT2D eigenvalue weighted by atomic mass is 19.1. The first-order valence-electron chi connectivity index (χ1n) is 8.12. The van der Waals surface area contributed by atoms with Gasteiger partial charge in [-0.25, -0.2) is 4.39 Å². The van der Waals surface area contributed by atoms with Crippen LogP contribution >= 0.6 is 0 Å². The number of hydrogen-bond donors (Lipinski definition) is 0. The Balaban J connectivity index is 1.83. The van der Waals surface area contributed by atoms with Gasteiger partial charge in [0.1, 0.15) is 18.5 Å². The fourth-order valence-corrected chi connectivity index (χ4v) is 2.89. The van der Waals surface area contributed by atoms with E-state index in [1.54, 1.807) is 4.57 Å². The molecule has 3 rings (SSSR count). The third-order valence-corrected chi connectivity index (χ3v) is 3.98. The van der Waals surface area contributed by atoms with Gasteiger partial charge >= 0.3 is 6.01 Å². The van der Waals surface area contributed by atoms with E-state index in [1.165, 1.54) is 6.07 Å². The smallest absolute Gasteiger partial charge is 0.300 e. The minimum atomic E-state index is -0.727. The van der Waals surface area contributed by atoms with Crippen LogP contribution in [0.4, 0.5) is 4.39 Å². The van der Waals surface area contributed by atoms with Crippen molar-refractivity contribution in [2.45, 2.75) is 45.7 Å². The van der Waals surface area contributed by atoms with Gasteiger partial charge in [-0.1, -0.05) is 32.0 Å². The predicted molar refractivity (Wildman–Crippen MR) is 88.0 cm³/mol. The third kappa shape index (κ3) is 3.58. The molecule has 1 aliphatic rings. The monoisotopic (exact) mass is 332 g/mol. The summed E-state index contributed by atoms with van der Waals surface area (Å²) in [7, 11) is 0. The molecule has 0 radical (unpaired) electrons. The second-order valence-electron chi connectivity index (χ2n) is 6.37. The summed E-state index contributed by atoms with van der Waals surface area (Å²) in [5, 5.41) is 0. The summed E-state index contributed by atoms with van der Waals surface area (Å²) in [5.41, 5.74) is -0.200. The minimum Gasteiger partial charge on any atom is -0.486 e. The predicted octanol–water partition coefficient (Wildman–Crippen LogP) is 2.97. The molecule has 0 spiro atoms. The maximum absolute atomic E-state index is 13.2. The average Bonchev–Trinajstić information content (AvgIpc) is 2.97. The Kier molecular flexibility index (Phi) is 4.83. The second kappa shape index (κ2) is 7.03. The molecule has 24 heavy (non-hydrogen) atoms. The van der Waals surface area contributed by atoms with Crippen LogP contribution in [0.2, 0.25) is 0 Å². The number of para-hydroxylation sites is 1. The van der Waals surface area contributed by atoms with Gasteiger partial charge in [0.15, 0.2) is 6.10 Å². The molecule has 0 aliphatic carbocycles. The van der Waals surface area contributed by atoms with Gasteiger partial charge in [-0.15, -0.1) is 0 Å². The number of ether oxygens (including phenoxy) is 2. The number of alkyl halides is 1. The van der Waals surface area contributed by atoms with E-state index in [1.807, 2.05) is 30.3 Å². The molecule has 1 aromatic carbocycles. The van der Waals surface area contributed by atoms with Gasteiger partial charge < -0.3 is 9.47 Å². The molecule has 2 heterocycles. The van der Waals surface area contributed by atoms with Crippen molar-refractivity contribution in [3.8, 4) is 11.8 Å². The standard InChI is InChI=1S/C18H21FN2O3/c1-12(2)8-15(23-14-6-4-3-5-7-14)16-11-21-13(10-19)9-17(22)20-18(21)24-16/h3-7,9,12,15-16H,8,10-11H2,1-2H3. The minimum absolute atomic E-state index is 0.172. The first kappa shape index (κ1) is 16.5. The first-order valence-corrected chi connectivity index (χ1v) is 8.12. The van der Waals surface area contributed by atoms with Gasteiger partial charge in [0.05, 0.1) is 12.2 Å². The van der Waals surface area contributed by atoms with Crippen LogP contribution in [0.5, 0.6) is 11.8 Å². The number of benzene rings is 1. The van der Waals surface area contributed by atoms with Crippen molar-refractivity contribution in [3.63, 3.8) is 0 Å². The van der Waals surface area contributed by atoms with Crippen molar-refractivity contribution in [2.24, 2.45) is 5.92 Å². The molecular formula is C18H21FN2O3. The van der Waals surface area contributed by atoms with Crippen LogP contribution in [0, 0.1) is 5.92 Å². The summed E-state index contributed by atoms with van der Waals surface area (Å²) < 4.78 is 26.7. The lowest BCUT2D eigenvalue weighted by Gasteiger charge is -2.25. The SMILES string of the molecule is CC(C)CC(Oc1ccccc1)C1Cn2c(CF)cc(=O)nc2O1. The average molecular weight is 332 g/mol. The zero-order valence-corrected chi connectivity index (χ0v) is 13.8. The lowest BCUT2D eigenvalue weighted by molar-refractivity contribution is 0.0507. The Bertz CT molecular complexity index is 746. The number of hydrogen-bond acceptors (Lipinski definition) is 4. The number of rotatable bonds is 6. The molecule has 2 atom stereocenters. The third-order valence-electron chi connectivity index (χ3n) is 3.98. The van der Waals surface area contributed by atoms with E-state index in [4.69, 9.17) is 9.47 Å². The first-order chi connectivity index (χ1) is 11.6. The maximum atomic E-state index is 13.2. The van der Waals surface area contributed by atoms with E-state index in [0.29, 0.717) is 12.5 Å². The Morgan fingerprint density at radius 1 is 1.38 bits per heavy atom. The Hall–Kier alpha value is -2.37. The molecule has 1 aromatic heterocycles. The Labute approximate surface area is 140 Å². The fourth-order valence-electron chi connectivity index (χ4n) is 2.89. The molecule has 0 amide bonds. The summed E-state index contributed by atoms with van der Waals surface area (Å²) in [5.74, 6) is 1.16. The zero-order chi connectivity index (χ0) is 17.1. The van der Waals surface area contributed by atoms with Crippen LogP contribution in [-0.4, -0.2) is 21.8 Å². The van der Waals surface area contributed by atoms with Crippen molar-refractivity contribution in [2.75, 3.05) is 0 Å². The zero-order valence-electron chi connectivity index (χ0n) is 13.8. The van der Waals surface area contributed by atoms with Crippen LogP contribution in [0.15, 0.2) is 41.2 Å². The van der Waals surface area contributed by atoms with Crippen LogP contribution in [0.3, 0.4) is 0 Å². The van der Waals surface area contributed by atoms with E-state index in [0.717, 1.165) is 12.2 Å². The number of halogens is 1. The summed E-state index contributed by atoms with van der Waals surface area (Å²) in [6.07, 6.45) is 0.257. The van der Waals surface area contributed by atoms with Crippen molar-refractivity contribution in [1.82, 2.24) is 9.55 Å². The molecule has 2 unspecified atom stereocenters. The molecule has 1 aliphatic heterocycles. The second-order valence-corrected chi connectivity index (χ2v) is 6.37. The quantitative estimate of drug-likeness (QED) is 0.816. The molecule has 6 heteroatoms. The van der Waals surface area contributed by atoms with Crippen molar-refractivity contribution >= 4 is 0 Å². The molecule has 0 N–H and O–H groups in total. The van der Waals surface area contributed by atoms with Crippen LogP contribution < -0.4 is 15.0 Å². The van der Waals surface area contributed by atoms with E-state index < -0.39 is 12.2 Å². The summed E-state index contributed by atoms with van der Waals surface area (Å²) in [4.78, 5) is 15.4. The van der Waals surface area contributed by atoms with E-state index in [2.05, 4.69) is 18.8 Å². The molecule has 0 saturated carbocycles. The lowest BCUT2D eigenvalue weighted by atomic mass is 10.0. The molecule has 0 bridgehead atoms. The highest BCUT2D eigenvalue weighted by Crippen LogP contribution is 2.27. The van der Waals surface area contributed by atoms with E-state index in [-0.39, 0.29) is 23.9 Å². The number of fused-ring (bicyclic) bond motifs is 1. The molecule has 128 valence electrons. The highest BCUT2D eigenvalue weighted by Gasteiger charge is 2.34. The van der Waals surface area contributed by atoms with Gasteiger partial charge in [0.25, 0.3) is 5.56 Å². The van der Waals surface area contributed by atoms with Crippen molar-refractivity contribution in [3.05, 3.63) is 52.4 Å². The van der Waals surface area contributed by atoms with Crippen LogP contribution in [0.25, 0.3) is 0 Å². The highest BCUT2D eigenvalue weighted by molar-refractivity contribution is 5.22. The maximum Gasteiger partial charge on any atom is 0.300 e. The van der Waals surface area contributed by atoms with Gasteiger partial charge in [0, 0.05) is 6.07 Å². The molecule has 5 nitrogen and oxygen atoms in total. The Morgan fingerprint density at radius 2 is 2.12 bits per heavy atom. The van der Waals surface area contributed by atoms with Gasteiger partial charge in [-0.3, -0.25) is 9.36 Å². The van der Waals surface area contributed by atoms with Crippen molar-refractivity contribution < 1.29 is 13.9 Å². The largest absolute Gasteiger partial charge is 0.486 e. The van der Waals surface area contributed by atoms with Crippen molar-refractivity contribution in [1.29, 1.82) is 0 Å². The molecule has 0 fully saturated rings. The lowest BCUT2D eigenvalue weighted by Crippen LogP contribution is -2.37. The topological polar surface area (TPSA) is 53.4 Å². The summed E-state index contributed by atoms with van der Waals surface area (Å²) in [6.45, 7) is 3.91. The molecule has 2 aromatic rings. The molecule has 0 saturated heterocycles. The summed E-state index contributed by atoms with van der Waals surface area (Å²) in [6, 6.07) is 10.9.